The lowest BCUT2D eigenvalue weighted by atomic mass is 10.0. The molecule has 1 aromatic carbocycles. The lowest BCUT2D eigenvalue weighted by molar-refractivity contribution is 0.173. The van der Waals surface area contributed by atoms with E-state index in [9.17, 15) is 9.90 Å². The molecule has 1 unspecified atom stereocenters. The van der Waals surface area contributed by atoms with Gasteiger partial charge in [-0.3, -0.25) is 0 Å². The summed E-state index contributed by atoms with van der Waals surface area (Å²) in [4.78, 5) is 11.7. The van der Waals surface area contributed by atoms with Crippen LogP contribution in [0, 0.1) is 13.8 Å². The van der Waals surface area contributed by atoms with E-state index in [4.69, 9.17) is 0 Å². The van der Waals surface area contributed by atoms with E-state index in [1.165, 1.54) is 28.0 Å². The van der Waals surface area contributed by atoms with E-state index < -0.39 is 6.10 Å². The molecule has 0 bridgehead atoms. The predicted molar refractivity (Wildman–Crippen MR) is 90.3 cm³/mol. The highest BCUT2D eigenvalue weighted by Gasteiger charge is 2.09. The van der Waals surface area contributed by atoms with E-state index in [1.54, 1.807) is 0 Å². The van der Waals surface area contributed by atoms with Crippen LogP contribution in [-0.2, 0) is 6.42 Å². The van der Waals surface area contributed by atoms with Crippen molar-refractivity contribution in [1.29, 1.82) is 0 Å². The first-order valence-electron chi connectivity index (χ1n) is 7.34. The summed E-state index contributed by atoms with van der Waals surface area (Å²) in [5, 5.41) is 19.2. The molecule has 0 aliphatic heterocycles. The van der Waals surface area contributed by atoms with Crippen molar-refractivity contribution in [3.05, 3.63) is 57.3 Å². The van der Waals surface area contributed by atoms with Crippen molar-refractivity contribution in [2.24, 2.45) is 0 Å². The monoisotopic (exact) mass is 318 g/mol. The van der Waals surface area contributed by atoms with Gasteiger partial charge in [-0.05, 0) is 53.8 Å². The van der Waals surface area contributed by atoms with Crippen LogP contribution in [0.15, 0.2) is 35.0 Å². The number of thiophene rings is 1. The Morgan fingerprint density at radius 1 is 1.27 bits per heavy atom. The standard InChI is InChI=1S/C17H22N2O2S/c1-12-3-4-14(13(2)9-12)5-7-18-17(21)19-10-16(20)15-6-8-22-11-15/h3-4,6,8-9,11,16,20H,5,7,10H2,1-2H3,(H2,18,19,21). The van der Waals surface area contributed by atoms with Gasteiger partial charge in [0.15, 0.2) is 0 Å². The third-order valence-corrected chi connectivity index (χ3v) is 4.26. The lowest BCUT2D eigenvalue weighted by Crippen LogP contribution is -2.38. The van der Waals surface area contributed by atoms with E-state index in [0.717, 1.165) is 12.0 Å². The Hall–Kier alpha value is -1.85. The molecule has 0 spiro atoms. The van der Waals surface area contributed by atoms with Crippen molar-refractivity contribution >= 4 is 17.4 Å². The van der Waals surface area contributed by atoms with Gasteiger partial charge in [-0.2, -0.15) is 11.3 Å². The van der Waals surface area contributed by atoms with Crippen molar-refractivity contribution in [3.63, 3.8) is 0 Å². The van der Waals surface area contributed by atoms with Crippen LogP contribution in [0.2, 0.25) is 0 Å². The second-order valence-electron chi connectivity index (χ2n) is 5.39. The van der Waals surface area contributed by atoms with Crippen LogP contribution in [0.25, 0.3) is 0 Å². The molecule has 0 aliphatic carbocycles. The second-order valence-corrected chi connectivity index (χ2v) is 6.17. The summed E-state index contributed by atoms with van der Waals surface area (Å²) < 4.78 is 0. The molecule has 118 valence electrons. The number of aryl methyl sites for hydroxylation is 2. The van der Waals surface area contributed by atoms with E-state index in [-0.39, 0.29) is 12.6 Å². The van der Waals surface area contributed by atoms with Gasteiger partial charge in [-0.15, -0.1) is 0 Å². The molecule has 3 N–H and O–H groups in total. The van der Waals surface area contributed by atoms with Gasteiger partial charge < -0.3 is 15.7 Å². The van der Waals surface area contributed by atoms with Gasteiger partial charge >= 0.3 is 6.03 Å². The number of benzene rings is 1. The molecule has 2 rings (SSSR count). The first-order chi connectivity index (χ1) is 10.6. The fourth-order valence-corrected chi connectivity index (χ4v) is 2.98. The van der Waals surface area contributed by atoms with Crippen molar-refractivity contribution in [2.45, 2.75) is 26.4 Å². The van der Waals surface area contributed by atoms with Gasteiger partial charge in [-0.25, -0.2) is 4.79 Å². The summed E-state index contributed by atoms with van der Waals surface area (Å²) in [5.74, 6) is 0. The SMILES string of the molecule is Cc1ccc(CCNC(=O)NCC(O)c2ccsc2)c(C)c1. The van der Waals surface area contributed by atoms with Crippen molar-refractivity contribution in [3.8, 4) is 0 Å². The highest BCUT2D eigenvalue weighted by Crippen LogP contribution is 2.15. The number of aliphatic hydroxyl groups is 1. The zero-order chi connectivity index (χ0) is 15.9. The number of carbonyl (C=O) groups excluding carboxylic acids is 1. The minimum absolute atomic E-state index is 0.214. The number of hydrogen-bond donors (Lipinski definition) is 3. The molecule has 5 heteroatoms. The Balaban J connectivity index is 1.69. The quantitative estimate of drug-likeness (QED) is 0.767. The average Bonchev–Trinajstić information content (AvgIpc) is 3.01. The molecule has 1 aromatic heterocycles. The average molecular weight is 318 g/mol. The number of carbonyl (C=O) groups is 1. The molecule has 1 atom stereocenters. The van der Waals surface area contributed by atoms with Crippen LogP contribution in [0.1, 0.15) is 28.4 Å². The first kappa shape index (κ1) is 16.5. The molecular weight excluding hydrogens is 296 g/mol. The largest absolute Gasteiger partial charge is 0.387 e. The van der Waals surface area contributed by atoms with E-state index in [0.29, 0.717) is 6.54 Å². The molecule has 2 aromatic rings. The Morgan fingerprint density at radius 3 is 2.77 bits per heavy atom. The first-order valence-corrected chi connectivity index (χ1v) is 8.28. The maximum absolute atomic E-state index is 11.7. The van der Waals surface area contributed by atoms with Gasteiger partial charge in [0, 0.05) is 13.1 Å². The fraction of sp³-hybridized carbons (Fsp3) is 0.353. The van der Waals surface area contributed by atoms with Crippen molar-refractivity contribution < 1.29 is 9.90 Å². The van der Waals surface area contributed by atoms with Crippen LogP contribution < -0.4 is 10.6 Å². The van der Waals surface area contributed by atoms with Gasteiger partial charge in [-0.1, -0.05) is 23.8 Å². The molecule has 22 heavy (non-hydrogen) atoms. The van der Waals surface area contributed by atoms with Crippen molar-refractivity contribution in [1.82, 2.24) is 10.6 Å². The molecule has 0 radical (unpaired) electrons. The summed E-state index contributed by atoms with van der Waals surface area (Å²) in [6.07, 6.45) is 0.142. The fourth-order valence-electron chi connectivity index (χ4n) is 2.27. The number of hydrogen-bond acceptors (Lipinski definition) is 3. The molecule has 0 aliphatic rings. The summed E-state index contributed by atoms with van der Waals surface area (Å²) in [6, 6.07) is 7.94. The van der Waals surface area contributed by atoms with E-state index in [1.807, 2.05) is 16.8 Å². The molecule has 2 amide bonds. The Kier molecular flexibility index (Phi) is 5.98. The molecule has 1 heterocycles. The van der Waals surface area contributed by atoms with Crippen LogP contribution in [-0.4, -0.2) is 24.2 Å². The second kappa shape index (κ2) is 7.96. The number of nitrogens with one attached hydrogen (secondary N) is 2. The van der Waals surface area contributed by atoms with Crippen LogP contribution >= 0.6 is 11.3 Å². The summed E-state index contributed by atoms with van der Waals surface area (Å²) >= 11 is 1.53. The Bertz CT molecular complexity index is 611. The Labute approximate surface area is 135 Å². The molecule has 0 saturated carbocycles. The van der Waals surface area contributed by atoms with Gasteiger partial charge in [0.25, 0.3) is 0 Å². The zero-order valence-electron chi connectivity index (χ0n) is 12.9. The number of urea groups is 1. The molecular formula is C17H22N2O2S. The molecule has 4 nitrogen and oxygen atoms in total. The van der Waals surface area contributed by atoms with Crippen LogP contribution in [0.5, 0.6) is 0 Å². The van der Waals surface area contributed by atoms with Crippen molar-refractivity contribution in [2.75, 3.05) is 13.1 Å². The topological polar surface area (TPSA) is 61.4 Å². The van der Waals surface area contributed by atoms with Gasteiger partial charge in [0.2, 0.25) is 0 Å². The van der Waals surface area contributed by atoms with Crippen LogP contribution in [0.4, 0.5) is 4.79 Å². The third-order valence-electron chi connectivity index (χ3n) is 3.56. The number of aliphatic hydroxyl groups excluding tert-OH is 1. The number of rotatable bonds is 6. The summed E-state index contributed by atoms with van der Waals surface area (Å²) in [6.45, 7) is 4.94. The normalized spacial score (nSPS) is 12.0. The third kappa shape index (κ3) is 4.86. The van der Waals surface area contributed by atoms with E-state index in [2.05, 4.69) is 42.7 Å². The summed E-state index contributed by atoms with van der Waals surface area (Å²) in [7, 11) is 0. The van der Waals surface area contributed by atoms with E-state index >= 15 is 0 Å². The highest BCUT2D eigenvalue weighted by molar-refractivity contribution is 7.07. The Morgan fingerprint density at radius 2 is 2.09 bits per heavy atom. The zero-order valence-corrected chi connectivity index (χ0v) is 13.7. The smallest absolute Gasteiger partial charge is 0.314 e. The molecule has 0 fully saturated rings. The van der Waals surface area contributed by atoms with Gasteiger partial charge in [0.1, 0.15) is 0 Å². The maximum atomic E-state index is 11.7. The van der Waals surface area contributed by atoms with Crippen LogP contribution in [0.3, 0.4) is 0 Å². The number of amides is 2. The summed E-state index contributed by atoms with van der Waals surface area (Å²) in [5.41, 5.74) is 4.56. The lowest BCUT2D eigenvalue weighted by Gasteiger charge is -2.12. The highest BCUT2D eigenvalue weighted by atomic mass is 32.1. The molecule has 0 saturated heterocycles. The minimum atomic E-state index is -0.656. The van der Waals surface area contributed by atoms with Gasteiger partial charge in [0.05, 0.1) is 6.10 Å². The minimum Gasteiger partial charge on any atom is -0.387 e. The maximum Gasteiger partial charge on any atom is 0.314 e. The predicted octanol–water partition coefficient (Wildman–Crippen LogP) is 2.94.